The van der Waals surface area contributed by atoms with E-state index in [4.69, 9.17) is 5.26 Å². The van der Waals surface area contributed by atoms with Crippen LogP contribution in [0, 0.1) is 17.1 Å². The van der Waals surface area contributed by atoms with Gasteiger partial charge in [0.2, 0.25) is 0 Å². The van der Waals surface area contributed by atoms with Gasteiger partial charge in [0, 0.05) is 10.0 Å². The lowest BCUT2D eigenvalue weighted by molar-refractivity contribution is 0.0945. The van der Waals surface area contributed by atoms with Crippen LogP contribution in [0.5, 0.6) is 0 Å². The van der Waals surface area contributed by atoms with Crippen molar-refractivity contribution in [3.63, 3.8) is 0 Å². The average Bonchev–Trinajstić information content (AvgIpc) is 2.45. The molecule has 0 heterocycles. The maximum absolute atomic E-state index is 12.9. The predicted octanol–water partition coefficient (Wildman–Crippen LogP) is 3.58. The first-order valence-corrected chi connectivity index (χ1v) is 6.61. The summed E-state index contributed by atoms with van der Waals surface area (Å²) in [4.78, 5) is 12.0. The zero-order chi connectivity index (χ0) is 14.5. The Balaban J connectivity index is 2.17. The number of hydrogen-bond acceptors (Lipinski definition) is 2. The molecule has 0 aliphatic heterocycles. The van der Waals surface area contributed by atoms with Gasteiger partial charge in [-0.05, 0) is 35.9 Å². The first-order valence-electron chi connectivity index (χ1n) is 5.81. The fourth-order valence-corrected chi connectivity index (χ4v) is 2.09. The summed E-state index contributed by atoms with van der Waals surface area (Å²) in [7, 11) is 0. The molecule has 0 aliphatic carbocycles. The van der Waals surface area contributed by atoms with Crippen molar-refractivity contribution < 1.29 is 9.18 Å². The molecule has 0 aliphatic rings. The first kappa shape index (κ1) is 14.2. The Bertz CT molecular complexity index is 664. The number of nitriles is 1. The fourth-order valence-electron chi connectivity index (χ4n) is 1.69. The number of nitrogens with zero attached hydrogens (tertiary/aromatic N) is 1. The number of rotatable bonds is 3. The third kappa shape index (κ3) is 3.43. The van der Waals surface area contributed by atoms with Crippen LogP contribution in [0.4, 0.5) is 4.39 Å². The summed E-state index contributed by atoms with van der Waals surface area (Å²) >= 11 is 3.28. The van der Waals surface area contributed by atoms with Crippen LogP contribution in [0.1, 0.15) is 22.0 Å². The van der Waals surface area contributed by atoms with Crippen LogP contribution in [-0.2, 0) is 0 Å². The number of hydrogen-bond donors (Lipinski definition) is 1. The standard InChI is InChI=1S/C15H10BrFN2O/c16-12-3-1-2-11(8-12)15(20)19-14(9-18)10-4-6-13(17)7-5-10/h1-8,14H,(H,19,20)/t14-/m1/s1. The summed E-state index contributed by atoms with van der Waals surface area (Å²) in [5.74, 6) is -0.745. The fraction of sp³-hybridized carbons (Fsp3) is 0.0667. The SMILES string of the molecule is N#C[C@@H](NC(=O)c1cccc(Br)c1)c1ccc(F)cc1. The van der Waals surface area contributed by atoms with Gasteiger partial charge < -0.3 is 5.32 Å². The summed E-state index contributed by atoms with van der Waals surface area (Å²) in [6, 6.07) is 13.5. The van der Waals surface area contributed by atoms with Crippen LogP contribution in [0.3, 0.4) is 0 Å². The third-order valence-electron chi connectivity index (χ3n) is 2.69. The van der Waals surface area contributed by atoms with Gasteiger partial charge in [-0.15, -0.1) is 0 Å². The van der Waals surface area contributed by atoms with E-state index in [9.17, 15) is 9.18 Å². The molecule has 0 spiro atoms. The highest BCUT2D eigenvalue weighted by Crippen LogP contribution is 2.15. The second-order valence-electron chi connectivity index (χ2n) is 4.10. The van der Waals surface area contributed by atoms with E-state index in [-0.39, 0.29) is 11.7 Å². The number of amides is 1. The molecule has 3 nitrogen and oxygen atoms in total. The highest BCUT2D eigenvalue weighted by molar-refractivity contribution is 9.10. The monoisotopic (exact) mass is 332 g/mol. The number of carbonyl (C=O) groups excluding carboxylic acids is 1. The Morgan fingerprint density at radius 1 is 1.25 bits per heavy atom. The number of carbonyl (C=O) groups is 1. The molecule has 0 radical (unpaired) electrons. The number of halogens is 2. The molecule has 100 valence electrons. The summed E-state index contributed by atoms with van der Waals surface area (Å²) in [5.41, 5.74) is 0.985. The summed E-state index contributed by atoms with van der Waals surface area (Å²) in [6.45, 7) is 0. The molecule has 1 amide bonds. The van der Waals surface area contributed by atoms with E-state index in [2.05, 4.69) is 21.2 Å². The van der Waals surface area contributed by atoms with Crippen LogP contribution >= 0.6 is 15.9 Å². The highest BCUT2D eigenvalue weighted by Gasteiger charge is 2.15. The third-order valence-corrected chi connectivity index (χ3v) is 3.19. The molecule has 0 saturated carbocycles. The largest absolute Gasteiger partial charge is 0.333 e. The average molecular weight is 333 g/mol. The van der Waals surface area contributed by atoms with Crippen LogP contribution in [0.2, 0.25) is 0 Å². The normalized spacial score (nSPS) is 11.4. The molecule has 2 aromatic rings. The second kappa shape index (κ2) is 6.31. The van der Waals surface area contributed by atoms with Crippen molar-refractivity contribution in [2.75, 3.05) is 0 Å². The Kier molecular flexibility index (Phi) is 4.49. The van der Waals surface area contributed by atoms with E-state index in [1.54, 1.807) is 24.3 Å². The van der Waals surface area contributed by atoms with Crippen LogP contribution < -0.4 is 5.32 Å². The molecule has 1 atom stereocenters. The predicted molar refractivity (Wildman–Crippen MR) is 76.4 cm³/mol. The van der Waals surface area contributed by atoms with Gasteiger partial charge in [0.05, 0.1) is 6.07 Å². The lowest BCUT2D eigenvalue weighted by atomic mass is 10.1. The van der Waals surface area contributed by atoms with E-state index in [0.717, 1.165) is 4.47 Å². The van der Waals surface area contributed by atoms with E-state index < -0.39 is 6.04 Å². The molecule has 5 heteroatoms. The van der Waals surface area contributed by atoms with E-state index in [0.29, 0.717) is 11.1 Å². The number of benzene rings is 2. The van der Waals surface area contributed by atoms with Gasteiger partial charge in [-0.2, -0.15) is 5.26 Å². The molecule has 2 rings (SSSR count). The Morgan fingerprint density at radius 3 is 2.55 bits per heavy atom. The zero-order valence-corrected chi connectivity index (χ0v) is 11.9. The molecule has 0 fully saturated rings. The van der Waals surface area contributed by atoms with Gasteiger partial charge >= 0.3 is 0 Å². The van der Waals surface area contributed by atoms with Crippen molar-refractivity contribution >= 4 is 21.8 Å². The molecule has 0 saturated heterocycles. The molecular formula is C15H10BrFN2O. The second-order valence-corrected chi connectivity index (χ2v) is 5.01. The summed E-state index contributed by atoms with van der Waals surface area (Å²) in [5, 5.41) is 11.7. The van der Waals surface area contributed by atoms with Crippen molar-refractivity contribution in [2.45, 2.75) is 6.04 Å². The molecule has 0 bridgehead atoms. The van der Waals surface area contributed by atoms with Gasteiger partial charge in [-0.1, -0.05) is 34.1 Å². The maximum atomic E-state index is 12.9. The minimum absolute atomic E-state index is 0.359. The molecule has 20 heavy (non-hydrogen) atoms. The van der Waals surface area contributed by atoms with E-state index in [1.165, 1.54) is 24.3 Å². The Labute approximate surface area is 124 Å². The topological polar surface area (TPSA) is 52.9 Å². The highest BCUT2D eigenvalue weighted by atomic mass is 79.9. The van der Waals surface area contributed by atoms with Crippen molar-refractivity contribution in [3.05, 3.63) is 69.9 Å². The van der Waals surface area contributed by atoms with Gasteiger partial charge in [-0.25, -0.2) is 4.39 Å². The van der Waals surface area contributed by atoms with Crippen LogP contribution in [0.15, 0.2) is 53.0 Å². The van der Waals surface area contributed by atoms with Crippen molar-refractivity contribution in [1.82, 2.24) is 5.32 Å². The molecule has 2 aromatic carbocycles. The van der Waals surface area contributed by atoms with Crippen LogP contribution in [0.25, 0.3) is 0 Å². The smallest absolute Gasteiger partial charge is 0.252 e. The van der Waals surface area contributed by atoms with Gasteiger partial charge in [0.15, 0.2) is 0 Å². The lowest BCUT2D eigenvalue weighted by Gasteiger charge is -2.12. The number of nitrogens with one attached hydrogen (secondary N) is 1. The van der Waals surface area contributed by atoms with Crippen LogP contribution in [-0.4, -0.2) is 5.91 Å². The minimum atomic E-state index is -0.818. The lowest BCUT2D eigenvalue weighted by Crippen LogP contribution is -2.27. The summed E-state index contributed by atoms with van der Waals surface area (Å²) in [6.07, 6.45) is 0. The zero-order valence-electron chi connectivity index (χ0n) is 10.3. The van der Waals surface area contributed by atoms with Gasteiger partial charge in [0.25, 0.3) is 5.91 Å². The van der Waals surface area contributed by atoms with Gasteiger partial charge in [0.1, 0.15) is 11.9 Å². The Hall–Kier alpha value is -2.19. The molecule has 0 aromatic heterocycles. The summed E-state index contributed by atoms with van der Waals surface area (Å²) < 4.78 is 13.6. The molecule has 0 unspecified atom stereocenters. The van der Waals surface area contributed by atoms with E-state index >= 15 is 0 Å². The Morgan fingerprint density at radius 2 is 1.95 bits per heavy atom. The quantitative estimate of drug-likeness (QED) is 0.933. The van der Waals surface area contributed by atoms with Crippen molar-refractivity contribution in [1.29, 1.82) is 5.26 Å². The molecule has 1 N–H and O–H groups in total. The maximum Gasteiger partial charge on any atom is 0.252 e. The first-order chi connectivity index (χ1) is 9.60. The van der Waals surface area contributed by atoms with Crippen molar-refractivity contribution in [2.24, 2.45) is 0 Å². The minimum Gasteiger partial charge on any atom is -0.333 e. The van der Waals surface area contributed by atoms with E-state index in [1.807, 2.05) is 6.07 Å². The molecular weight excluding hydrogens is 323 g/mol. The van der Waals surface area contributed by atoms with Gasteiger partial charge in [-0.3, -0.25) is 4.79 Å². The van der Waals surface area contributed by atoms with Crippen molar-refractivity contribution in [3.8, 4) is 6.07 Å².